The molecule has 3 rings (SSSR count). The first kappa shape index (κ1) is 22.8. The van der Waals surface area contributed by atoms with E-state index in [0.717, 1.165) is 35.7 Å². The third-order valence-electron chi connectivity index (χ3n) is 5.90. The Balaban J connectivity index is 1.78. The molecule has 31 heavy (non-hydrogen) atoms. The Hall–Kier alpha value is -2.89. The molecule has 0 saturated carbocycles. The Labute approximate surface area is 184 Å². The van der Waals surface area contributed by atoms with E-state index in [4.69, 9.17) is 9.47 Å². The summed E-state index contributed by atoms with van der Waals surface area (Å²) in [6.07, 6.45) is 7.55. The summed E-state index contributed by atoms with van der Waals surface area (Å²) in [7, 11) is 3.25. The molecule has 1 aliphatic rings. The van der Waals surface area contributed by atoms with Gasteiger partial charge in [-0.15, -0.1) is 0 Å². The molecule has 1 fully saturated rings. The number of ether oxygens (including phenoxy) is 2. The van der Waals surface area contributed by atoms with E-state index in [0.29, 0.717) is 13.0 Å². The molecule has 0 amide bonds. The zero-order valence-corrected chi connectivity index (χ0v) is 18.5. The molecule has 2 aromatic rings. The Kier molecular flexibility index (Phi) is 7.66. The molecule has 164 valence electrons. The zero-order valence-electron chi connectivity index (χ0n) is 18.5. The highest BCUT2D eigenvalue weighted by atomic mass is 16.5. The van der Waals surface area contributed by atoms with Crippen LogP contribution in [0.1, 0.15) is 24.5 Å². The van der Waals surface area contributed by atoms with Crippen molar-refractivity contribution in [3.05, 3.63) is 71.8 Å². The van der Waals surface area contributed by atoms with E-state index < -0.39 is 11.5 Å². The smallest absolute Gasteiger partial charge is 0.163 e. The van der Waals surface area contributed by atoms with Gasteiger partial charge in [-0.25, -0.2) is 0 Å². The molecular formula is C26H31NO4. The molecule has 0 aliphatic carbocycles. The maximum Gasteiger partial charge on any atom is 0.163 e. The predicted molar refractivity (Wildman–Crippen MR) is 124 cm³/mol. The maximum absolute atomic E-state index is 13.1. The van der Waals surface area contributed by atoms with Gasteiger partial charge in [-0.05, 0) is 54.4 Å². The molecule has 2 atom stereocenters. The van der Waals surface area contributed by atoms with Crippen LogP contribution < -0.4 is 9.47 Å². The fourth-order valence-electron chi connectivity index (χ4n) is 3.81. The SMILES string of the molecule is CCN1CC[C@](O)(/C=C/c2ccc(OC)cc2)[C@H](C(=O)/C=C\c2ccc(OC)cc2)C1. The number of hydrogen-bond donors (Lipinski definition) is 1. The van der Waals surface area contributed by atoms with Crippen molar-refractivity contribution in [3.8, 4) is 11.5 Å². The van der Waals surface area contributed by atoms with Gasteiger partial charge in [0.05, 0.1) is 25.7 Å². The van der Waals surface area contributed by atoms with Gasteiger partial charge in [0.2, 0.25) is 0 Å². The van der Waals surface area contributed by atoms with Crippen molar-refractivity contribution in [1.82, 2.24) is 4.90 Å². The lowest BCUT2D eigenvalue weighted by Crippen LogP contribution is -2.53. The van der Waals surface area contributed by atoms with Crippen molar-refractivity contribution in [2.45, 2.75) is 18.9 Å². The lowest BCUT2D eigenvalue weighted by molar-refractivity contribution is -0.129. The van der Waals surface area contributed by atoms with Gasteiger partial charge in [0.25, 0.3) is 0 Å². The van der Waals surface area contributed by atoms with Gasteiger partial charge in [-0.2, -0.15) is 0 Å². The number of piperidine rings is 1. The van der Waals surface area contributed by atoms with Crippen LogP contribution >= 0.6 is 0 Å². The number of benzene rings is 2. The number of aliphatic hydroxyl groups is 1. The topological polar surface area (TPSA) is 59.0 Å². The van der Waals surface area contributed by atoms with Gasteiger partial charge in [-0.3, -0.25) is 4.79 Å². The molecule has 2 aromatic carbocycles. The summed E-state index contributed by atoms with van der Waals surface area (Å²) < 4.78 is 10.4. The van der Waals surface area contributed by atoms with Gasteiger partial charge in [-0.1, -0.05) is 49.4 Å². The lowest BCUT2D eigenvalue weighted by atomic mass is 9.77. The Morgan fingerprint density at radius 3 is 2.10 bits per heavy atom. The number of carbonyl (C=O) groups excluding carboxylic acids is 1. The molecule has 0 spiro atoms. The number of methoxy groups -OCH3 is 2. The first-order valence-corrected chi connectivity index (χ1v) is 10.6. The summed E-state index contributed by atoms with van der Waals surface area (Å²) in [4.78, 5) is 15.3. The van der Waals surface area contributed by atoms with Crippen LogP contribution in [-0.4, -0.2) is 55.2 Å². The Morgan fingerprint density at radius 2 is 1.58 bits per heavy atom. The minimum absolute atomic E-state index is 0.0733. The van der Waals surface area contributed by atoms with E-state index in [9.17, 15) is 9.90 Å². The van der Waals surface area contributed by atoms with E-state index in [2.05, 4.69) is 11.8 Å². The molecule has 0 unspecified atom stereocenters. The van der Waals surface area contributed by atoms with Crippen LogP contribution in [0.15, 0.2) is 60.7 Å². The highest BCUT2D eigenvalue weighted by molar-refractivity contribution is 5.96. The number of carbonyl (C=O) groups is 1. The second-order valence-corrected chi connectivity index (χ2v) is 7.80. The second-order valence-electron chi connectivity index (χ2n) is 7.80. The fourth-order valence-corrected chi connectivity index (χ4v) is 3.81. The summed E-state index contributed by atoms with van der Waals surface area (Å²) in [5.41, 5.74) is 0.675. The van der Waals surface area contributed by atoms with Crippen LogP contribution in [0.5, 0.6) is 11.5 Å². The first-order valence-electron chi connectivity index (χ1n) is 10.6. The third kappa shape index (κ3) is 5.84. The van der Waals surface area contributed by atoms with Crippen LogP contribution in [0.4, 0.5) is 0 Å². The predicted octanol–water partition coefficient (Wildman–Crippen LogP) is 4.07. The van der Waals surface area contributed by atoms with E-state index in [-0.39, 0.29) is 5.78 Å². The standard InChI is InChI=1S/C26H31NO4/c1-4-27-18-17-26(29,16-15-21-7-12-23(31-3)13-8-21)24(19-27)25(28)14-9-20-5-10-22(30-2)11-6-20/h5-16,24,29H,4,17-19H2,1-3H3/b14-9-,16-15+/t24-,26+/m0/s1. The molecule has 1 aliphatic heterocycles. The second kappa shape index (κ2) is 10.4. The third-order valence-corrected chi connectivity index (χ3v) is 5.90. The minimum atomic E-state index is -1.19. The summed E-state index contributed by atoms with van der Waals surface area (Å²) in [6, 6.07) is 15.1. The molecule has 1 saturated heterocycles. The maximum atomic E-state index is 13.1. The largest absolute Gasteiger partial charge is 0.497 e. The quantitative estimate of drug-likeness (QED) is 0.651. The van der Waals surface area contributed by atoms with E-state index in [1.807, 2.05) is 54.6 Å². The molecule has 0 radical (unpaired) electrons. The average molecular weight is 422 g/mol. The molecule has 5 heteroatoms. The van der Waals surface area contributed by atoms with Crippen LogP contribution in [0.25, 0.3) is 12.2 Å². The molecule has 5 nitrogen and oxygen atoms in total. The van der Waals surface area contributed by atoms with E-state index >= 15 is 0 Å². The molecular weight excluding hydrogens is 390 g/mol. The molecule has 0 bridgehead atoms. The Morgan fingerprint density at radius 1 is 1.03 bits per heavy atom. The number of likely N-dealkylation sites (tertiary alicyclic amines) is 1. The first-order chi connectivity index (χ1) is 15.0. The summed E-state index contributed by atoms with van der Waals surface area (Å²) >= 11 is 0. The Bertz CT molecular complexity index is 917. The van der Waals surface area contributed by atoms with Crippen molar-refractivity contribution in [3.63, 3.8) is 0 Å². The molecule has 0 aromatic heterocycles. The van der Waals surface area contributed by atoms with Crippen LogP contribution in [0.2, 0.25) is 0 Å². The monoisotopic (exact) mass is 421 g/mol. The highest BCUT2D eigenvalue weighted by Gasteiger charge is 2.42. The number of allylic oxidation sites excluding steroid dienone is 1. The number of ketones is 1. The molecule has 1 heterocycles. The highest BCUT2D eigenvalue weighted by Crippen LogP contribution is 2.32. The lowest BCUT2D eigenvalue weighted by Gasteiger charge is -2.41. The summed E-state index contributed by atoms with van der Waals surface area (Å²) in [6.45, 7) is 4.22. The van der Waals surface area contributed by atoms with Gasteiger partial charge in [0, 0.05) is 13.1 Å². The van der Waals surface area contributed by atoms with Gasteiger partial charge >= 0.3 is 0 Å². The molecule has 1 N–H and O–H groups in total. The van der Waals surface area contributed by atoms with Crippen LogP contribution in [0, 0.1) is 5.92 Å². The fraction of sp³-hybridized carbons (Fsp3) is 0.346. The number of rotatable bonds is 8. The minimum Gasteiger partial charge on any atom is -0.497 e. The summed E-state index contributed by atoms with van der Waals surface area (Å²) in [5.74, 6) is 0.956. The average Bonchev–Trinajstić information content (AvgIpc) is 2.82. The van der Waals surface area contributed by atoms with Crippen molar-refractivity contribution in [2.75, 3.05) is 33.9 Å². The summed E-state index contributed by atoms with van der Waals surface area (Å²) in [5, 5.41) is 11.4. The van der Waals surface area contributed by atoms with E-state index in [1.165, 1.54) is 0 Å². The van der Waals surface area contributed by atoms with Gasteiger partial charge < -0.3 is 19.5 Å². The van der Waals surface area contributed by atoms with Gasteiger partial charge in [0.1, 0.15) is 11.5 Å². The van der Waals surface area contributed by atoms with Crippen LogP contribution in [-0.2, 0) is 4.79 Å². The zero-order chi connectivity index (χ0) is 22.3. The van der Waals surface area contributed by atoms with Crippen molar-refractivity contribution >= 4 is 17.9 Å². The van der Waals surface area contributed by atoms with Crippen molar-refractivity contribution < 1.29 is 19.4 Å². The van der Waals surface area contributed by atoms with Crippen molar-refractivity contribution in [2.24, 2.45) is 5.92 Å². The van der Waals surface area contributed by atoms with Crippen LogP contribution in [0.3, 0.4) is 0 Å². The normalized spacial score (nSPS) is 22.1. The number of nitrogens with zero attached hydrogens (tertiary/aromatic N) is 1. The van der Waals surface area contributed by atoms with Gasteiger partial charge in [0.15, 0.2) is 5.78 Å². The van der Waals surface area contributed by atoms with E-state index in [1.54, 1.807) is 32.4 Å². The van der Waals surface area contributed by atoms with Crippen molar-refractivity contribution in [1.29, 1.82) is 0 Å². The number of hydrogen-bond acceptors (Lipinski definition) is 5.